The Hall–Kier alpha value is -3.21. The number of aromatic hydroxyl groups is 1. The van der Waals surface area contributed by atoms with Crippen molar-refractivity contribution in [2.45, 2.75) is 26.3 Å². The summed E-state index contributed by atoms with van der Waals surface area (Å²) in [6.45, 7) is 3.98. The maximum atomic E-state index is 12.0. The highest BCUT2D eigenvalue weighted by atomic mass is 16.3. The molecule has 1 unspecified atom stereocenters. The molecule has 0 spiro atoms. The molecule has 0 saturated heterocycles. The standard InChI is InChI=1S/C21H20N2O3/c1-14-7-6-8-15(2)17(14)11-18(22-26)19-12-20(24)21(25)13-23(19)16-9-4-3-5-10-16/h3-10,12-13,18,25H,11H2,1-2H3. The number of rotatable bonds is 5. The van der Waals surface area contributed by atoms with Gasteiger partial charge in [-0.3, -0.25) is 4.79 Å². The van der Waals surface area contributed by atoms with Crippen molar-refractivity contribution in [2.75, 3.05) is 0 Å². The van der Waals surface area contributed by atoms with Gasteiger partial charge in [0, 0.05) is 18.2 Å². The van der Waals surface area contributed by atoms with Gasteiger partial charge in [0.15, 0.2) is 5.75 Å². The zero-order chi connectivity index (χ0) is 18.7. The van der Waals surface area contributed by atoms with Gasteiger partial charge in [0.2, 0.25) is 5.43 Å². The van der Waals surface area contributed by atoms with Gasteiger partial charge in [-0.2, -0.15) is 4.91 Å². The third-order valence-corrected chi connectivity index (χ3v) is 4.61. The van der Waals surface area contributed by atoms with Crippen LogP contribution in [0.2, 0.25) is 0 Å². The topological polar surface area (TPSA) is 71.7 Å². The molecule has 0 fully saturated rings. The summed E-state index contributed by atoms with van der Waals surface area (Å²) >= 11 is 0. The van der Waals surface area contributed by atoms with Gasteiger partial charge in [-0.1, -0.05) is 41.6 Å². The molecule has 3 aromatic rings. The van der Waals surface area contributed by atoms with Gasteiger partial charge in [-0.15, -0.1) is 0 Å². The van der Waals surface area contributed by atoms with Crippen molar-refractivity contribution in [1.29, 1.82) is 0 Å². The fourth-order valence-corrected chi connectivity index (χ4v) is 3.17. The fraction of sp³-hybridized carbons (Fsp3) is 0.190. The zero-order valence-electron chi connectivity index (χ0n) is 14.7. The molecular weight excluding hydrogens is 328 g/mol. The first-order chi connectivity index (χ1) is 12.5. The lowest BCUT2D eigenvalue weighted by molar-refractivity contribution is 0.463. The number of benzene rings is 2. The maximum Gasteiger partial charge on any atom is 0.223 e. The molecule has 1 atom stereocenters. The first kappa shape index (κ1) is 17.6. The predicted molar refractivity (Wildman–Crippen MR) is 102 cm³/mol. The lowest BCUT2D eigenvalue weighted by Gasteiger charge is -2.19. The van der Waals surface area contributed by atoms with E-state index in [0.717, 1.165) is 22.4 Å². The van der Waals surface area contributed by atoms with Crippen LogP contribution in [-0.2, 0) is 6.42 Å². The van der Waals surface area contributed by atoms with E-state index in [0.29, 0.717) is 12.1 Å². The van der Waals surface area contributed by atoms with E-state index in [-0.39, 0.29) is 5.75 Å². The van der Waals surface area contributed by atoms with Crippen LogP contribution in [0.25, 0.3) is 5.69 Å². The highest BCUT2D eigenvalue weighted by molar-refractivity contribution is 5.40. The lowest BCUT2D eigenvalue weighted by atomic mass is 9.95. The summed E-state index contributed by atoms with van der Waals surface area (Å²) in [7, 11) is 0. The van der Waals surface area contributed by atoms with Gasteiger partial charge in [-0.05, 0) is 42.7 Å². The Labute approximate surface area is 151 Å². The molecule has 1 aromatic heterocycles. The van der Waals surface area contributed by atoms with E-state index in [1.54, 1.807) is 4.57 Å². The summed E-state index contributed by atoms with van der Waals surface area (Å²) in [6, 6.07) is 15.8. The van der Waals surface area contributed by atoms with Gasteiger partial charge in [0.05, 0.1) is 11.9 Å². The third-order valence-electron chi connectivity index (χ3n) is 4.61. The number of nitroso groups, excluding NO2 is 1. The monoisotopic (exact) mass is 348 g/mol. The molecule has 0 bridgehead atoms. The van der Waals surface area contributed by atoms with Crippen molar-refractivity contribution in [1.82, 2.24) is 4.57 Å². The number of para-hydroxylation sites is 1. The summed E-state index contributed by atoms with van der Waals surface area (Å²) in [6.07, 6.45) is 1.73. The third kappa shape index (κ3) is 3.42. The Bertz CT molecular complexity index is 974. The zero-order valence-corrected chi connectivity index (χ0v) is 14.7. The second kappa shape index (κ2) is 7.35. The number of aromatic nitrogens is 1. The number of hydrogen-bond acceptors (Lipinski definition) is 4. The van der Waals surface area contributed by atoms with Crippen LogP contribution in [0.5, 0.6) is 5.75 Å². The molecule has 0 saturated carbocycles. The fourth-order valence-electron chi connectivity index (χ4n) is 3.17. The number of aryl methyl sites for hydroxylation is 2. The molecule has 0 aliphatic heterocycles. The van der Waals surface area contributed by atoms with Gasteiger partial charge in [0.25, 0.3) is 0 Å². The molecule has 0 amide bonds. The quantitative estimate of drug-likeness (QED) is 0.702. The Morgan fingerprint density at radius 3 is 2.31 bits per heavy atom. The van der Waals surface area contributed by atoms with Gasteiger partial charge < -0.3 is 9.67 Å². The second-order valence-corrected chi connectivity index (χ2v) is 6.35. The van der Waals surface area contributed by atoms with E-state index in [1.807, 2.05) is 62.4 Å². The average molecular weight is 348 g/mol. The molecule has 132 valence electrons. The smallest absolute Gasteiger partial charge is 0.223 e. The molecule has 2 aromatic carbocycles. The van der Waals surface area contributed by atoms with Gasteiger partial charge >= 0.3 is 0 Å². The van der Waals surface area contributed by atoms with Gasteiger partial charge in [0.1, 0.15) is 6.04 Å². The van der Waals surface area contributed by atoms with Gasteiger partial charge in [-0.25, -0.2) is 0 Å². The summed E-state index contributed by atoms with van der Waals surface area (Å²) in [5.41, 5.74) is 3.86. The van der Waals surface area contributed by atoms with Crippen molar-refractivity contribution < 1.29 is 5.11 Å². The molecule has 5 nitrogen and oxygen atoms in total. The minimum absolute atomic E-state index is 0.366. The summed E-state index contributed by atoms with van der Waals surface area (Å²) in [5.74, 6) is -0.366. The van der Waals surface area contributed by atoms with E-state index in [9.17, 15) is 14.8 Å². The molecule has 1 N–H and O–H groups in total. The summed E-state index contributed by atoms with van der Waals surface area (Å²) < 4.78 is 1.65. The molecular formula is C21H20N2O3. The molecule has 0 aliphatic carbocycles. The highest BCUT2D eigenvalue weighted by Gasteiger charge is 2.21. The van der Waals surface area contributed by atoms with Crippen LogP contribution in [0.15, 0.2) is 70.8 Å². The van der Waals surface area contributed by atoms with Crippen molar-refractivity contribution in [3.8, 4) is 11.4 Å². The van der Waals surface area contributed by atoms with E-state index in [1.165, 1.54) is 12.3 Å². The lowest BCUT2D eigenvalue weighted by Crippen LogP contribution is -2.15. The first-order valence-electron chi connectivity index (χ1n) is 8.40. The first-order valence-corrected chi connectivity index (χ1v) is 8.40. The number of nitrogens with zero attached hydrogens (tertiary/aromatic N) is 2. The average Bonchev–Trinajstić information content (AvgIpc) is 2.64. The molecule has 5 heteroatoms. The van der Waals surface area contributed by atoms with Crippen molar-refractivity contribution >= 4 is 0 Å². The van der Waals surface area contributed by atoms with Crippen molar-refractivity contribution in [3.05, 3.63) is 98.3 Å². The summed E-state index contributed by atoms with van der Waals surface area (Å²) in [5, 5.41) is 13.2. The SMILES string of the molecule is Cc1cccc(C)c1CC(N=O)c1cc(=O)c(O)cn1-c1ccccc1. The van der Waals surface area contributed by atoms with E-state index in [4.69, 9.17) is 0 Å². The molecule has 26 heavy (non-hydrogen) atoms. The molecule has 1 heterocycles. The number of pyridine rings is 1. The van der Waals surface area contributed by atoms with E-state index < -0.39 is 11.5 Å². The second-order valence-electron chi connectivity index (χ2n) is 6.35. The van der Waals surface area contributed by atoms with Crippen molar-refractivity contribution in [3.63, 3.8) is 0 Å². The highest BCUT2D eigenvalue weighted by Crippen LogP contribution is 2.28. The Morgan fingerprint density at radius 1 is 1.04 bits per heavy atom. The largest absolute Gasteiger partial charge is 0.503 e. The normalized spacial score (nSPS) is 11.9. The summed E-state index contributed by atoms with van der Waals surface area (Å²) in [4.78, 5) is 23.7. The van der Waals surface area contributed by atoms with E-state index in [2.05, 4.69) is 5.18 Å². The van der Waals surface area contributed by atoms with Crippen LogP contribution in [-0.4, -0.2) is 9.67 Å². The predicted octanol–water partition coefficient (Wildman–Crippen LogP) is 4.21. The Balaban J connectivity index is 2.13. The minimum atomic E-state index is -0.747. The molecule has 0 radical (unpaired) electrons. The van der Waals surface area contributed by atoms with Crippen LogP contribution in [0.4, 0.5) is 0 Å². The van der Waals surface area contributed by atoms with Crippen LogP contribution in [0.1, 0.15) is 28.4 Å². The van der Waals surface area contributed by atoms with Crippen LogP contribution in [0.3, 0.4) is 0 Å². The van der Waals surface area contributed by atoms with Crippen LogP contribution < -0.4 is 5.43 Å². The Kier molecular flexibility index (Phi) is 4.98. The minimum Gasteiger partial charge on any atom is -0.503 e. The van der Waals surface area contributed by atoms with Crippen LogP contribution >= 0.6 is 0 Å². The maximum absolute atomic E-state index is 12.0. The van der Waals surface area contributed by atoms with Crippen LogP contribution in [0, 0.1) is 18.8 Å². The molecule has 0 aliphatic rings. The van der Waals surface area contributed by atoms with Crippen molar-refractivity contribution in [2.24, 2.45) is 5.18 Å². The number of hydrogen-bond donors (Lipinski definition) is 1. The Morgan fingerprint density at radius 2 is 1.69 bits per heavy atom. The van der Waals surface area contributed by atoms with E-state index >= 15 is 0 Å². The molecule has 3 rings (SSSR count).